The predicted molar refractivity (Wildman–Crippen MR) is 105 cm³/mol. The predicted octanol–water partition coefficient (Wildman–Crippen LogP) is 2.67. The number of carboxylic acids is 1. The number of rotatable bonds is 5. The van der Waals surface area contributed by atoms with Crippen LogP contribution in [0.2, 0.25) is 0 Å². The molecule has 1 aromatic rings. The molecule has 1 unspecified atom stereocenters. The van der Waals surface area contributed by atoms with Crippen molar-refractivity contribution in [2.45, 2.75) is 36.3 Å². The van der Waals surface area contributed by atoms with Gasteiger partial charge >= 0.3 is 12.1 Å². The summed E-state index contributed by atoms with van der Waals surface area (Å²) < 4.78 is 38.2. The van der Waals surface area contributed by atoms with Gasteiger partial charge in [-0.2, -0.15) is 13.2 Å². The highest BCUT2D eigenvalue weighted by Gasteiger charge is 2.50. The third-order valence-electron chi connectivity index (χ3n) is 5.06. The fourth-order valence-electron chi connectivity index (χ4n) is 3.25. The second-order valence-corrected chi connectivity index (χ2v) is 9.37. The summed E-state index contributed by atoms with van der Waals surface area (Å²) in [5.41, 5.74) is 0. The Morgan fingerprint density at radius 1 is 1.38 bits per heavy atom. The zero-order chi connectivity index (χ0) is 21.2. The van der Waals surface area contributed by atoms with E-state index in [0.29, 0.717) is 10.9 Å². The topological polar surface area (TPSA) is 78.8 Å². The average Bonchev–Trinajstić information content (AvgIpc) is 3.35. The highest BCUT2D eigenvalue weighted by Crippen LogP contribution is 2.47. The number of hydrogen-bond donors (Lipinski definition) is 1. The van der Waals surface area contributed by atoms with Crippen molar-refractivity contribution in [3.05, 3.63) is 12.4 Å². The van der Waals surface area contributed by atoms with Crippen molar-refractivity contribution < 1.29 is 27.8 Å². The lowest BCUT2D eigenvalue weighted by Crippen LogP contribution is -2.59. The van der Waals surface area contributed by atoms with Crippen LogP contribution in [0, 0.1) is 5.92 Å². The molecule has 0 radical (unpaired) electrons. The number of nitrogens with zero attached hydrogens (tertiary/aromatic N) is 4. The minimum Gasteiger partial charge on any atom is -0.475 e. The molecule has 11 heteroatoms. The van der Waals surface area contributed by atoms with Crippen LogP contribution in [0.3, 0.4) is 0 Å². The summed E-state index contributed by atoms with van der Waals surface area (Å²) in [5, 5.41) is 7.12. The highest BCUT2D eigenvalue weighted by atomic mass is 32.2. The molecule has 3 aliphatic rings. The first-order valence-electron chi connectivity index (χ1n) is 9.38. The van der Waals surface area contributed by atoms with Gasteiger partial charge in [0.2, 0.25) is 0 Å². The quantitative estimate of drug-likeness (QED) is 0.758. The number of halogens is 3. The summed E-state index contributed by atoms with van der Waals surface area (Å²) in [4.78, 5) is 22.0. The van der Waals surface area contributed by atoms with Crippen molar-refractivity contribution in [2.75, 3.05) is 49.3 Å². The maximum Gasteiger partial charge on any atom is 0.490 e. The van der Waals surface area contributed by atoms with Crippen LogP contribution in [0.5, 0.6) is 0 Å². The second-order valence-electron chi connectivity index (χ2n) is 7.88. The number of alkyl halides is 3. The van der Waals surface area contributed by atoms with Crippen LogP contribution < -0.4 is 9.80 Å². The molecular weight excluding hydrogens is 409 g/mol. The molecule has 3 fully saturated rings. The molecule has 1 aliphatic carbocycles. The number of hydrogen-bond acceptors (Lipinski definition) is 7. The minimum absolute atomic E-state index is 0.400. The zero-order valence-corrected chi connectivity index (χ0v) is 17.2. The van der Waals surface area contributed by atoms with Crippen molar-refractivity contribution in [3.63, 3.8) is 0 Å². The number of carbonyl (C=O) groups is 1. The molecule has 0 aromatic carbocycles. The van der Waals surface area contributed by atoms with Gasteiger partial charge in [-0.25, -0.2) is 14.8 Å². The van der Waals surface area contributed by atoms with Gasteiger partial charge in [0.25, 0.3) is 0 Å². The SMILES string of the molecule is CN(C)c1cc(N2CC3(CC(OCC4CC4)CS3)C2)ncn1.O=C(O)C(F)(F)F. The van der Waals surface area contributed by atoms with Crippen LogP contribution in [0.4, 0.5) is 24.8 Å². The molecule has 29 heavy (non-hydrogen) atoms. The lowest BCUT2D eigenvalue weighted by atomic mass is 9.93. The third kappa shape index (κ3) is 5.88. The first-order chi connectivity index (χ1) is 13.6. The molecule has 3 heterocycles. The van der Waals surface area contributed by atoms with E-state index in [9.17, 15) is 13.2 Å². The van der Waals surface area contributed by atoms with E-state index in [1.54, 1.807) is 6.33 Å². The fraction of sp³-hybridized carbons (Fsp3) is 0.722. The molecule has 2 saturated heterocycles. The van der Waals surface area contributed by atoms with E-state index in [0.717, 1.165) is 43.0 Å². The largest absolute Gasteiger partial charge is 0.490 e. The van der Waals surface area contributed by atoms with Gasteiger partial charge in [-0.05, 0) is 25.2 Å². The molecule has 2 aliphatic heterocycles. The first kappa shape index (κ1) is 21.9. The number of aromatic nitrogens is 2. The highest BCUT2D eigenvalue weighted by molar-refractivity contribution is 8.01. The Kier molecular flexibility index (Phi) is 6.47. The summed E-state index contributed by atoms with van der Waals surface area (Å²) in [6, 6.07) is 2.08. The Morgan fingerprint density at radius 2 is 2.03 bits per heavy atom. The molecule has 1 saturated carbocycles. The summed E-state index contributed by atoms with van der Waals surface area (Å²) in [6.07, 6.45) is 1.00. The van der Waals surface area contributed by atoms with Crippen molar-refractivity contribution in [1.29, 1.82) is 0 Å². The van der Waals surface area contributed by atoms with Crippen LogP contribution in [-0.4, -0.2) is 77.6 Å². The molecule has 1 aromatic heterocycles. The molecule has 162 valence electrons. The van der Waals surface area contributed by atoms with Gasteiger partial charge in [-0.1, -0.05) is 0 Å². The molecule has 0 amide bonds. The van der Waals surface area contributed by atoms with Gasteiger partial charge in [-0.15, -0.1) is 11.8 Å². The molecule has 1 N–H and O–H groups in total. The van der Waals surface area contributed by atoms with Crippen LogP contribution in [0.1, 0.15) is 19.3 Å². The van der Waals surface area contributed by atoms with Gasteiger partial charge < -0.3 is 19.6 Å². The Morgan fingerprint density at radius 3 is 2.59 bits per heavy atom. The van der Waals surface area contributed by atoms with E-state index in [2.05, 4.69) is 32.7 Å². The van der Waals surface area contributed by atoms with Crippen molar-refractivity contribution >= 4 is 29.4 Å². The van der Waals surface area contributed by atoms with E-state index < -0.39 is 12.1 Å². The van der Waals surface area contributed by atoms with E-state index >= 15 is 0 Å². The number of carboxylic acid groups (broad SMARTS) is 1. The van der Waals surface area contributed by atoms with E-state index in [4.69, 9.17) is 14.6 Å². The zero-order valence-electron chi connectivity index (χ0n) is 16.4. The number of thioether (sulfide) groups is 1. The van der Waals surface area contributed by atoms with E-state index in [1.165, 1.54) is 19.3 Å². The average molecular weight is 434 g/mol. The smallest absolute Gasteiger partial charge is 0.475 e. The van der Waals surface area contributed by atoms with E-state index in [1.807, 2.05) is 19.0 Å². The summed E-state index contributed by atoms with van der Waals surface area (Å²) >= 11 is 2.10. The standard InChI is InChI=1S/C16H24N4OS.C2HF3O2/c1-19(2)14-5-15(18-11-17-14)20-9-16(10-20)6-13(8-22-16)21-7-12-3-4-12;3-2(4,5)1(6)7/h5,11-13H,3-4,6-10H2,1-2H3;(H,6,7). The number of ether oxygens (including phenoxy) is 1. The summed E-state index contributed by atoms with van der Waals surface area (Å²) in [7, 11) is 4.02. The summed E-state index contributed by atoms with van der Waals surface area (Å²) in [6.45, 7) is 3.17. The van der Waals surface area contributed by atoms with Gasteiger partial charge in [0.1, 0.15) is 18.0 Å². The van der Waals surface area contributed by atoms with Crippen molar-refractivity contribution in [2.24, 2.45) is 5.92 Å². The molecule has 7 nitrogen and oxygen atoms in total. The van der Waals surface area contributed by atoms with Gasteiger partial charge in [0.15, 0.2) is 0 Å². The molecular formula is C18H25F3N4O3S. The molecule has 4 rings (SSSR count). The molecule has 1 spiro atoms. The van der Waals surface area contributed by atoms with Gasteiger partial charge in [0, 0.05) is 45.6 Å². The monoisotopic (exact) mass is 434 g/mol. The lowest BCUT2D eigenvalue weighted by Gasteiger charge is -2.48. The van der Waals surface area contributed by atoms with Gasteiger partial charge in [-0.3, -0.25) is 0 Å². The maximum absolute atomic E-state index is 10.6. The van der Waals surface area contributed by atoms with Crippen LogP contribution in [0.25, 0.3) is 0 Å². The number of aliphatic carboxylic acids is 1. The summed E-state index contributed by atoms with van der Waals surface area (Å²) in [5.74, 6) is 1.29. The van der Waals surface area contributed by atoms with Crippen molar-refractivity contribution in [3.8, 4) is 0 Å². The Bertz CT molecular complexity index is 725. The third-order valence-corrected chi connectivity index (χ3v) is 6.64. The Hall–Kier alpha value is -1.75. The van der Waals surface area contributed by atoms with Crippen LogP contribution in [-0.2, 0) is 9.53 Å². The van der Waals surface area contributed by atoms with Crippen LogP contribution in [0.15, 0.2) is 12.4 Å². The minimum atomic E-state index is -5.08. The maximum atomic E-state index is 10.6. The molecule has 1 atom stereocenters. The lowest BCUT2D eigenvalue weighted by molar-refractivity contribution is -0.192. The number of anilines is 2. The fourth-order valence-corrected chi connectivity index (χ4v) is 4.80. The molecule has 0 bridgehead atoms. The van der Waals surface area contributed by atoms with Crippen molar-refractivity contribution in [1.82, 2.24) is 9.97 Å². The Balaban J connectivity index is 0.000000298. The second kappa shape index (κ2) is 8.55. The van der Waals surface area contributed by atoms with E-state index in [-0.39, 0.29) is 0 Å². The first-order valence-corrected chi connectivity index (χ1v) is 10.4. The van der Waals surface area contributed by atoms with Crippen LogP contribution >= 0.6 is 11.8 Å². The normalized spacial score (nSPS) is 22.7. The Labute approximate surface area is 171 Å². The van der Waals surface area contributed by atoms with Gasteiger partial charge in [0.05, 0.1) is 10.9 Å².